The van der Waals surface area contributed by atoms with Crippen LogP contribution in [-0.2, 0) is 10.0 Å². The van der Waals surface area contributed by atoms with Gasteiger partial charge in [0.05, 0.1) is 14.2 Å². The molecular formula is C13H20FNO5S. The number of aliphatic hydroxyl groups is 1. The first kappa shape index (κ1) is 17.7. The zero-order valence-electron chi connectivity index (χ0n) is 12.4. The van der Waals surface area contributed by atoms with Gasteiger partial charge in [-0.3, -0.25) is 0 Å². The Kier molecular flexibility index (Phi) is 5.94. The largest absolute Gasteiger partial charge is 0.493 e. The minimum Gasteiger partial charge on any atom is -0.493 e. The zero-order chi connectivity index (χ0) is 16.2. The lowest BCUT2D eigenvalue weighted by molar-refractivity contribution is 0.216. The topological polar surface area (TPSA) is 84.9 Å². The third kappa shape index (κ3) is 4.05. The van der Waals surface area contributed by atoms with E-state index in [2.05, 4.69) is 4.72 Å². The van der Waals surface area contributed by atoms with Gasteiger partial charge in [0, 0.05) is 24.8 Å². The fourth-order valence-corrected chi connectivity index (χ4v) is 3.05. The smallest absolute Gasteiger partial charge is 0.243 e. The Hall–Kier alpha value is -1.38. The Bertz CT molecular complexity index is 590. The number of halogens is 1. The number of hydrogen-bond acceptors (Lipinski definition) is 5. The van der Waals surface area contributed by atoms with Crippen LogP contribution in [0.5, 0.6) is 11.5 Å². The highest BCUT2D eigenvalue weighted by atomic mass is 32.2. The van der Waals surface area contributed by atoms with Crippen molar-refractivity contribution in [1.82, 2.24) is 4.72 Å². The Balaban J connectivity index is 3.19. The van der Waals surface area contributed by atoms with E-state index in [0.717, 1.165) is 12.1 Å². The zero-order valence-corrected chi connectivity index (χ0v) is 13.2. The van der Waals surface area contributed by atoms with Crippen LogP contribution in [0.2, 0.25) is 0 Å². The molecule has 0 spiro atoms. The lowest BCUT2D eigenvalue weighted by Crippen LogP contribution is -2.38. The van der Waals surface area contributed by atoms with Crippen LogP contribution in [0.3, 0.4) is 0 Å². The first-order chi connectivity index (χ1) is 9.76. The van der Waals surface area contributed by atoms with Crippen molar-refractivity contribution in [2.24, 2.45) is 5.92 Å². The van der Waals surface area contributed by atoms with Crippen molar-refractivity contribution in [2.75, 3.05) is 20.8 Å². The molecule has 1 aromatic carbocycles. The molecule has 0 saturated heterocycles. The van der Waals surface area contributed by atoms with Gasteiger partial charge in [0.2, 0.25) is 10.0 Å². The molecule has 0 aromatic heterocycles. The monoisotopic (exact) mass is 321 g/mol. The highest BCUT2D eigenvalue weighted by Crippen LogP contribution is 2.32. The molecule has 8 heteroatoms. The molecule has 0 heterocycles. The van der Waals surface area contributed by atoms with E-state index in [4.69, 9.17) is 14.6 Å². The van der Waals surface area contributed by atoms with Crippen molar-refractivity contribution in [3.05, 3.63) is 17.9 Å². The molecule has 0 aliphatic heterocycles. The summed E-state index contributed by atoms with van der Waals surface area (Å²) >= 11 is 0. The maximum atomic E-state index is 14.0. The summed E-state index contributed by atoms with van der Waals surface area (Å²) in [5.74, 6) is -1.03. The molecule has 2 atom stereocenters. The number of methoxy groups -OCH3 is 2. The van der Waals surface area contributed by atoms with Crippen molar-refractivity contribution < 1.29 is 27.4 Å². The van der Waals surface area contributed by atoms with Gasteiger partial charge in [-0.25, -0.2) is 17.5 Å². The first-order valence-electron chi connectivity index (χ1n) is 6.31. The van der Waals surface area contributed by atoms with Gasteiger partial charge in [-0.15, -0.1) is 0 Å². The predicted octanol–water partition coefficient (Wildman–Crippen LogP) is 1.14. The first-order valence-corrected chi connectivity index (χ1v) is 7.79. The van der Waals surface area contributed by atoms with Crippen LogP contribution >= 0.6 is 0 Å². The van der Waals surface area contributed by atoms with E-state index in [1.165, 1.54) is 14.2 Å². The summed E-state index contributed by atoms with van der Waals surface area (Å²) in [6.45, 7) is 3.09. The number of nitrogens with one attached hydrogen (secondary N) is 1. The minimum absolute atomic E-state index is 0.103. The Morgan fingerprint density at radius 3 is 2.24 bits per heavy atom. The van der Waals surface area contributed by atoms with Gasteiger partial charge in [0.1, 0.15) is 10.7 Å². The molecule has 0 saturated carbocycles. The van der Waals surface area contributed by atoms with Gasteiger partial charge < -0.3 is 14.6 Å². The van der Waals surface area contributed by atoms with E-state index in [1.807, 2.05) is 0 Å². The fourth-order valence-electron chi connectivity index (χ4n) is 1.62. The molecule has 0 radical (unpaired) electrons. The fraction of sp³-hybridized carbons (Fsp3) is 0.538. The van der Waals surface area contributed by atoms with Crippen LogP contribution in [0, 0.1) is 11.7 Å². The van der Waals surface area contributed by atoms with Gasteiger partial charge >= 0.3 is 0 Å². The van der Waals surface area contributed by atoms with Gasteiger partial charge in [0.25, 0.3) is 0 Å². The predicted molar refractivity (Wildman–Crippen MR) is 75.5 cm³/mol. The summed E-state index contributed by atoms with van der Waals surface area (Å²) in [4.78, 5) is -0.530. The minimum atomic E-state index is -4.07. The SMILES string of the molecule is COc1cc(F)c(S(=O)(=O)NC(C)C(C)CO)cc1OC. The maximum Gasteiger partial charge on any atom is 0.243 e. The van der Waals surface area contributed by atoms with Crippen LogP contribution in [0.4, 0.5) is 4.39 Å². The number of ether oxygens (including phenoxy) is 2. The molecule has 0 aliphatic rings. The van der Waals surface area contributed by atoms with Gasteiger partial charge in [-0.1, -0.05) is 6.92 Å². The number of benzene rings is 1. The summed E-state index contributed by atoms with van der Waals surface area (Å²) in [5, 5.41) is 9.03. The average Bonchev–Trinajstić information content (AvgIpc) is 2.44. The Morgan fingerprint density at radius 1 is 1.24 bits per heavy atom. The standard InChI is InChI=1S/C13H20FNO5S/c1-8(7-16)9(2)15-21(17,18)13-6-12(20-4)11(19-3)5-10(13)14/h5-6,8-9,15-16H,7H2,1-4H3. The highest BCUT2D eigenvalue weighted by molar-refractivity contribution is 7.89. The van der Waals surface area contributed by atoms with E-state index in [0.29, 0.717) is 0 Å². The van der Waals surface area contributed by atoms with Crippen LogP contribution in [-0.4, -0.2) is 40.4 Å². The maximum absolute atomic E-state index is 14.0. The number of aliphatic hydroxyl groups excluding tert-OH is 1. The third-order valence-electron chi connectivity index (χ3n) is 3.21. The van der Waals surface area contributed by atoms with E-state index in [-0.39, 0.29) is 24.0 Å². The van der Waals surface area contributed by atoms with Crippen molar-refractivity contribution in [2.45, 2.75) is 24.8 Å². The molecule has 1 aromatic rings. The Labute approximate surface area is 123 Å². The quantitative estimate of drug-likeness (QED) is 0.786. The lowest BCUT2D eigenvalue weighted by Gasteiger charge is -2.20. The molecule has 0 amide bonds. The second-order valence-electron chi connectivity index (χ2n) is 4.71. The summed E-state index contributed by atoms with van der Waals surface area (Å²) < 4.78 is 50.6. The van der Waals surface area contributed by atoms with Crippen LogP contribution in [0.1, 0.15) is 13.8 Å². The molecular weight excluding hydrogens is 301 g/mol. The molecule has 21 heavy (non-hydrogen) atoms. The summed E-state index contributed by atoms with van der Waals surface area (Å²) in [7, 11) is -1.42. The average molecular weight is 321 g/mol. The van der Waals surface area contributed by atoms with E-state index in [9.17, 15) is 12.8 Å². The molecule has 120 valence electrons. The van der Waals surface area contributed by atoms with Gasteiger partial charge in [-0.2, -0.15) is 0 Å². The van der Waals surface area contributed by atoms with Crippen molar-refractivity contribution >= 4 is 10.0 Å². The second-order valence-corrected chi connectivity index (χ2v) is 6.39. The van der Waals surface area contributed by atoms with Gasteiger partial charge in [0.15, 0.2) is 11.5 Å². The molecule has 0 aliphatic carbocycles. The Morgan fingerprint density at radius 2 is 1.76 bits per heavy atom. The van der Waals surface area contributed by atoms with E-state index >= 15 is 0 Å². The number of sulfonamides is 1. The summed E-state index contributed by atoms with van der Waals surface area (Å²) in [5.41, 5.74) is 0. The number of rotatable bonds is 7. The normalized spacial score (nSPS) is 14.6. The van der Waals surface area contributed by atoms with Crippen molar-refractivity contribution in [3.8, 4) is 11.5 Å². The molecule has 2 N–H and O–H groups in total. The van der Waals surface area contributed by atoms with Crippen LogP contribution in [0.25, 0.3) is 0 Å². The summed E-state index contributed by atoms with van der Waals surface area (Å²) in [6.07, 6.45) is 0. The van der Waals surface area contributed by atoms with E-state index in [1.54, 1.807) is 13.8 Å². The third-order valence-corrected chi connectivity index (χ3v) is 4.78. The highest BCUT2D eigenvalue weighted by Gasteiger charge is 2.26. The molecule has 0 fully saturated rings. The molecule has 6 nitrogen and oxygen atoms in total. The molecule has 0 bridgehead atoms. The lowest BCUT2D eigenvalue weighted by atomic mass is 10.1. The van der Waals surface area contributed by atoms with E-state index < -0.39 is 26.8 Å². The van der Waals surface area contributed by atoms with Crippen LogP contribution < -0.4 is 14.2 Å². The van der Waals surface area contributed by atoms with Crippen LogP contribution in [0.15, 0.2) is 17.0 Å². The second kappa shape index (κ2) is 7.06. The summed E-state index contributed by atoms with van der Waals surface area (Å²) in [6, 6.07) is 1.47. The molecule has 1 rings (SSSR count). The molecule has 2 unspecified atom stereocenters. The number of hydrogen-bond donors (Lipinski definition) is 2. The van der Waals surface area contributed by atoms with Crippen molar-refractivity contribution in [3.63, 3.8) is 0 Å². The van der Waals surface area contributed by atoms with Gasteiger partial charge in [-0.05, 0) is 12.8 Å². The van der Waals surface area contributed by atoms with Crippen molar-refractivity contribution in [1.29, 1.82) is 0 Å².